The van der Waals surface area contributed by atoms with Gasteiger partial charge in [0.15, 0.2) is 11.6 Å². The van der Waals surface area contributed by atoms with E-state index in [9.17, 15) is 18.0 Å². The summed E-state index contributed by atoms with van der Waals surface area (Å²) in [5.74, 6) is 1.06. The highest BCUT2D eigenvalue weighted by molar-refractivity contribution is 6.10. The Balaban J connectivity index is 1.54. The molecule has 0 unspecified atom stereocenters. The average Bonchev–Trinajstić information content (AvgIpc) is 3.42. The van der Waals surface area contributed by atoms with Crippen molar-refractivity contribution in [2.24, 2.45) is 0 Å². The van der Waals surface area contributed by atoms with Crippen molar-refractivity contribution >= 4 is 29.2 Å². The monoisotopic (exact) mass is 496 g/mol. The van der Waals surface area contributed by atoms with E-state index < -0.39 is 18.8 Å². The molecule has 2 amide bonds. The van der Waals surface area contributed by atoms with E-state index in [0.29, 0.717) is 34.1 Å². The summed E-state index contributed by atoms with van der Waals surface area (Å²) in [6, 6.07) is 13.4. The summed E-state index contributed by atoms with van der Waals surface area (Å²) in [7, 11) is 1.54. The van der Waals surface area contributed by atoms with E-state index in [0.717, 1.165) is 0 Å². The first kappa shape index (κ1) is 23.1. The number of fused-ring (bicyclic) bond motifs is 1. The number of methoxy groups -OCH3 is 1. The molecule has 0 saturated heterocycles. The molecule has 10 nitrogen and oxygen atoms in total. The number of ether oxygens (including phenoxy) is 1. The SMILES string of the molecule is COc1ccc(N2Cc3cnc(NCC(F)(F)F)nc3N(c3ccc(-c4nc[nH]n4)cc3)C2=O)cc1. The van der Waals surface area contributed by atoms with Crippen molar-refractivity contribution in [3.63, 3.8) is 0 Å². The van der Waals surface area contributed by atoms with Crippen molar-refractivity contribution < 1.29 is 22.7 Å². The number of nitrogens with one attached hydrogen (secondary N) is 2. The normalized spacial score (nSPS) is 13.5. The van der Waals surface area contributed by atoms with Crippen molar-refractivity contribution in [1.82, 2.24) is 25.1 Å². The molecule has 13 heteroatoms. The van der Waals surface area contributed by atoms with Gasteiger partial charge in [-0.2, -0.15) is 23.3 Å². The van der Waals surface area contributed by atoms with E-state index in [1.54, 1.807) is 55.6 Å². The zero-order valence-electron chi connectivity index (χ0n) is 18.8. The van der Waals surface area contributed by atoms with Gasteiger partial charge in [-0.25, -0.2) is 19.7 Å². The lowest BCUT2D eigenvalue weighted by Crippen LogP contribution is -2.45. The first-order valence-electron chi connectivity index (χ1n) is 10.7. The van der Waals surface area contributed by atoms with Crippen LogP contribution >= 0.6 is 0 Å². The molecule has 0 saturated carbocycles. The number of hydrogen-bond donors (Lipinski definition) is 2. The molecule has 4 aromatic rings. The van der Waals surface area contributed by atoms with Crippen LogP contribution in [0.5, 0.6) is 5.75 Å². The van der Waals surface area contributed by atoms with E-state index in [-0.39, 0.29) is 18.3 Å². The molecule has 0 fully saturated rings. The topological polar surface area (TPSA) is 112 Å². The molecule has 0 bridgehead atoms. The van der Waals surface area contributed by atoms with Crippen LogP contribution in [0.25, 0.3) is 11.4 Å². The quantitative estimate of drug-likeness (QED) is 0.404. The number of carbonyl (C=O) groups is 1. The Kier molecular flexibility index (Phi) is 5.88. The largest absolute Gasteiger partial charge is 0.497 e. The van der Waals surface area contributed by atoms with Crippen LogP contribution in [-0.2, 0) is 6.54 Å². The molecule has 5 rings (SSSR count). The molecule has 2 N–H and O–H groups in total. The molecule has 184 valence electrons. The third-order valence-electron chi connectivity index (χ3n) is 5.43. The third-order valence-corrected chi connectivity index (χ3v) is 5.43. The van der Waals surface area contributed by atoms with E-state index in [2.05, 4.69) is 30.5 Å². The van der Waals surface area contributed by atoms with Gasteiger partial charge in [0, 0.05) is 23.0 Å². The van der Waals surface area contributed by atoms with Gasteiger partial charge in [-0.1, -0.05) is 0 Å². The number of anilines is 4. The molecule has 2 aromatic heterocycles. The van der Waals surface area contributed by atoms with Gasteiger partial charge in [0.05, 0.1) is 19.3 Å². The van der Waals surface area contributed by atoms with Crippen LogP contribution in [0.15, 0.2) is 61.1 Å². The zero-order chi connectivity index (χ0) is 25.3. The molecule has 2 aromatic carbocycles. The van der Waals surface area contributed by atoms with Gasteiger partial charge in [-0.15, -0.1) is 0 Å². The Morgan fingerprint density at radius 2 is 1.78 bits per heavy atom. The van der Waals surface area contributed by atoms with Crippen LogP contribution in [0.3, 0.4) is 0 Å². The summed E-state index contributed by atoms with van der Waals surface area (Å²) in [6.45, 7) is -1.17. The fourth-order valence-corrected chi connectivity index (χ4v) is 3.72. The van der Waals surface area contributed by atoms with Gasteiger partial charge in [0.25, 0.3) is 0 Å². The lowest BCUT2D eigenvalue weighted by Gasteiger charge is -2.36. The van der Waals surface area contributed by atoms with E-state index in [1.807, 2.05) is 0 Å². The van der Waals surface area contributed by atoms with Crippen molar-refractivity contribution in [1.29, 1.82) is 0 Å². The van der Waals surface area contributed by atoms with Gasteiger partial charge in [0.1, 0.15) is 18.6 Å². The minimum Gasteiger partial charge on any atom is -0.497 e. The lowest BCUT2D eigenvalue weighted by atomic mass is 10.1. The average molecular weight is 496 g/mol. The summed E-state index contributed by atoms with van der Waals surface area (Å²) >= 11 is 0. The smallest absolute Gasteiger partial charge is 0.405 e. The summed E-state index contributed by atoms with van der Waals surface area (Å²) < 4.78 is 43.4. The number of aromatic amines is 1. The van der Waals surface area contributed by atoms with Gasteiger partial charge < -0.3 is 10.1 Å². The standard InChI is InChI=1S/C23H19F3N8O2/c1-36-18-8-6-16(7-9-18)33-11-15-10-27-21(28-12-23(24,25)26)31-20(15)34(22(33)35)17-4-2-14(3-5-17)19-29-13-30-32-19/h2-10,13H,11-12H2,1H3,(H,27,28,31)(H,29,30,32). The highest BCUT2D eigenvalue weighted by atomic mass is 19.4. The van der Waals surface area contributed by atoms with E-state index in [1.165, 1.54) is 22.3 Å². The van der Waals surface area contributed by atoms with Crippen molar-refractivity contribution in [3.8, 4) is 17.1 Å². The van der Waals surface area contributed by atoms with Gasteiger partial charge >= 0.3 is 12.2 Å². The molecule has 36 heavy (non-hydrogen) atoms. The van der Waals surface area contributed by atoms with Crippen LogP contribution < -0.4 is 19.9 Å². The van der Waals surface area contributed by atoms with Crippen LogP contribution in [0.1, 0.15) is 5.56 Å². The number of H-pyrrole nitrogens is 1. The summed E-state index contributed by atoms with van der Waals surface area (Å²) in [5.41, 5.74) is 2.33. The van der Waals surface area contributed by atoms with E-state index >= 15 is 0 Å². The summed E-state index contributed by atoms with van der Waals surface area (Å²) in [6.07, 6.45) is -1.58. The maximum absolute atomic E-state index is 13.7. The fraction of sp³-hybridized carbons (Fsp3) is 0.174. The minimum atomic E-state index is -4.45. The number of benzene rings is 2. The zero-order valence-corrected chi connectivity index (χ0v) is 18.8. The number of aromatic nitrogens is 5. The predicted octanol–water partition coefficient (Wildman–Crippen LogP) is 4.52. The van der Waals surface area contributed by atoms with E-state index in [4.69, 9.17) is 4.74 Å². The first-order valence-corrected chi connectivity index (χ1v) is 10.7. The summed E-state index contributed by atoms with van der Waals surface area (Å²) in [5, 5.41) is 8.86. The molecule has 0 radical (unpaired) electrons. The molecular formula is C23H19F3N8O2. The Morgan fingerprint density at radius 3 is 2.42 bits per heavy atom. The Morgan fingerprint density at radius 1 is 1.06 bits per heavy atom. The van der Waals surface area contributed by atoms with Crippen molar-refractivity contribution in [3.05, 3.63) is 66.6 Å². The predicted molar refractivity (Wildman–Crippen MR) is 125 cm³/mol. The van der Waals surface area contributed by atoms with Crippen LogP contribution in [-0.4, -0.2) is 51.0 Å². The van der Waals surface area contributed by atoms with Crippen LogP contribution in [0.2, 0.25) is 0 Å². The number of halogens is 3. The third kappa shape index (κ3) is 4.62. The molecule has 0 atom stereocenters. The Hall–Kier alpha value is -4.68. The number of hydrogen-bond acceptors (Lipinski definition) is 7. The van der Waals surface area contributed by atoms with Crippen LogP contribution in [0.4, 0.5) is 41.1 Å². The highest BCUT2D eigenvalue weighted by Crippen LogP contribution is 2.37. The number of nitrogens with zero attached hydrogens (tertiary/aromatic N) is 6. The molecule has 3 heterocycles. The first-order chi connectivity index (χ1) is 17.3. The number of carbonyl (C=O) groups excluding carboxylic acids is 1. The Labute approximate surface area is 202 Å². The van der Waals surface area contributed by atoms with Crippen molar-refractivity contribution in [2.45, 2.75) is 12.7 Å². The maximum atomic E-state index is 13.7. The molecule has 0 aliphatic carbocycles. The lowest BCUT2D eigenvalue weighted by molar-refractivity contribution is -0.115. The summed E-state index contributed by atoms with van der Waals surface area (Å²) in [4.78, 5) is 29.0. The van der Waals surface area contributed by atoms with Gasteiger partial charge in [-0.3, -0.25) is 10.00 Å². The maximum Gasteiger partial charge on any atom is 0.405 e. The molecule has 0 spiro atoms. The second kappa shape index (κ2) is 9.17. The van der Waals surface area contributed by atoms with Crippen LogP contribution in [0, 0.1) is 0 Å². The van der Waals surface area contributed by atoms with Crippen molar-refractivity contribution in [2.75, 3.05) is 28.8 Å². The number of amides is 2. The van der Waals surface area contributed by atoms with Gasteiger partial charge in [-0.05, 0) is 48.5 Å². The number of alkyl halides is 3. The highest BCUT2D eigenvalue weighted by Gasteiger charge is 2.35. The Bertz CT molecular complexity index is 1360. The van der Waals surface area contributed by atoms with Gasteiger partial charge in [0.2, 0.25) is 5.95 Å². The number of rotatable bonds is 6. The minimum absolute atomic E-state index is 0.131. The fourth-order valence-electron chi connectivity index (χ4n) is 3.72. The molecular weight excluding hydrogens is 477 g/mol. The second-order valence-corrected chi connectivity index (χ2v) is 7.78. The number of urea groups is 1. The molecule has 1 aliphatic heterocycles. The second-order valence-electron chi connectivity index (χ2n) is 7.78. The molecule has 1 aliphatic rings.